The van der Waals surface area contributed by atoms with Crippen molar-refractivity contribution in [2.75, 3.05) is 83.9 Å². The van der Waals surface area contributed by atoms with E-state index >= 15 is 0 Å². The second kappa shape index (κ2) is 16.4. The van der Waals surface area contributed by atoms with Crippen LogP contribution in [0.1, 0.15) is 0 Å². The highest BCUT2D eigenvalue weighted by Gasteiger charge is 2.22. The molecule has 1 saturated heterocycles. The van der Waals surface area contributed by atoms with Gasteiger partial charge < -0.3 is 20.1 Å². The van der Waals surface area contributed by atoms with Crippen LogP contribution in [-0.2, 0) is 34.1 Å². The molecule has 38 heavy (non-hydrogen) atoms. The Hall–Kier alpha value is -2.54. The molecule has 0 bridgehead atoms. The molecule has 3 N–H and O–H groups in total. The summed E-state index contributed by atoms with van der Waals surface area (Å²) in [6, 6.07) is 4.59. The van der Waals surface area contributed by atoms with E-state index in [-0.39, 0.29) is 41.8 Å². The van der Waals surface area contributed by atoms with Crippen molar-refractivity contribution in [2.45, 2.75) is 4.90 Å². The summed E-state index contributed by atoms with van der Waals surface area (Å²) in [4.78, 5) is 16.2. The molecule has 0 saturated carbocycles. The summed E-state index contributed by atoms with van der Waals surface area (Å²) in [7, 11) is -6.71. The normalized spacial score (nSPS) is 16.7. The first kappa shape index (κ1) is 31.7. The number of nitrogens with zero attached hydrogens (tertiary/aromatic N) is 4. The third-order valence-electron chi connectivity index (χ3n) is 5.23. The summed E-state index contributed by atoms with van der Waals surface area (Å²) in [6.45, 7) is 3.61. The zero-order valence-electron chi connectivity index (χ0n) is 20.9. The summed E-state index contributed by atoms with van der Waals surface area (Å²) in [5.74, 6) is 5.66. The molecule has 1 aromatic carbocycles. The molecule has 0 atom stereocenters. The number of benzene rings is 1. The van der Waals surface area contributed by atoms with Crippen LogP contribution in [0.25, 0.3) is 0 Å². The molecule has 0 aromatic heterocycles. The number of sulfone groups is 1. The largest absolute Gasteiger partial charge is 0.378 e. The first-order chi connectivity index (χ1) is 18.1. The highest BCUT2D eigenvalue weighted by Crippen LogP contribution is 2.15. The van der Waals surface area contributed by atoms with Crippen molar-refractivity contribution in [3.63, 3.8) is 0 Å². The van der Waals surface area contributed by atoms with E-state index < -0.39 is 24.8 Å². The Kier molecular flexibility index (Phi) is 13.7. The van der Waals surface area contributed by atoms with Gasteiger partial charge in [-0.1, -0.05) is 0 Å². The Balaban J connectivity index is 1.44. The average molecular weight is 579 g/mol. The molecule has 15 nitrogen and oxygen atoms in total. The van der Waals surface area contributed by atoms with Crippen LogP contribution in [-0.4, -0.2) is 122 Å². The van der Waals surface area contributed by atoms with Crippen LogP contribution in [0, 0.1) is 10.1 Å². The number of hydrogen-bond donors (Lipinski definition) is 2. The van der Waals surface area contributed by atoms with Gasteiger partial charge in [-0.05, 0) is 12.1 Å². The van der Waals surface area contributed by atoms with Crippen molar-refractivity contribution >= 4 is 37.5 Å². The first-order valence-corrected chi connectivity index (χ1v) is 15.1. The molecule has 0 unspecified atom stereocenters. The number of nitrogens with two attached hydrogens (primary N) is 1. The van der Waals surface area contributed by atoms with Crippen LogP contribution >= 0.6 is 0 Å². The molecular formula is C21H34N6O9S2. The zero-order chi connectivity index (χ0) is 27.9. The monoisotopic (exact) mass is 578 g/mol. The second-order valence-corrected chi connectivity index (χ2v) is 12.1. The van der Waals surface area contributed by atoms with Gasteiger partial charge >= 0.3 is 0 Å². The fraction of sp³-hybridized carbons (Fsp3) is 0.619. The summed E-state index contributed by atoms with van der Waals surface area (Å²) in [5, 5.41) is 14.3. The Labute approximate surface area is 222 Å². The van der Waals surface area contributed by atoms with Gasteiger partial charge in [0, 0.05) is 44.5 Å². The standard InChI is InChI=1S/C21H34N6O9S2/c22-25-19(18-26-7-15-37(30,31)16-8-26)17-23-5-9-34-11-13-36-14-12-35-10-6-24-38(32,33)21-3-1-20(2-4-21)27(28)29/h1-4,17,24H,5-16,18,22H2/b23-17?,25-19+. The second-order valence-electron chi connectivity index (χ2n) is 8.07. The number of rotatable bonds is 18. The molecule has 1 heterocycles. The molecule has 0 aliphatic carbocycles. The van der Waals surface area contributed by atoms with Gasteiger partial charge in [-0.3, -0.25) is 20.0 Å². The van der Waals surface area contributed by atoms with Gasteiger partial charge in [-0.25, -0.2) is 21.6 Å². The number of nitro groups is 1. The minimum atomic E-state index is -3.78. The molecule has 2 rings (SSSR count). The predicted octanol–water partition coefficient (Wildman–Crippen LogP) is -0.961. The maximum atomic E-state index is 12.1. The first-order valence-electron chi connectivity index (χ1n) is 11.8. The van der Waals surface area contributed by atoms with E-state index in [1.807, 2.05) is 4.90 Å². The van der Waals surface area contributed by atoms with Crippen LogP contribution in [0.2, 0.25) is 0 Å². The smallest absolute Gasteiger partial charge is 0.269 e. The van der Waals surface area contributed by atoms with Crippen molar-refractivity contribution in [2.24, 2.45) is 15.9 Å². The fourth-order valence-corrected chi connectivity index (χ4v) is 5.45. The van der Waals surface area contributed by atoms with E-state index in [4.69, 9.17) is 20.1 Å². The molecule has 0 radical (unpaired) electrons. The molecule has 1 aliphatic heterocycles. The van der Waals surface area contributed by atoms with Crippen LogP contribution in [0.4, 0.5) is 5.69 Å². The summed E-state index contributed by atoms with van der Waals surface area (Å²) in [5.41, 5.74) is 0.372. The van der Waals surface area contributed by atoms with Crippen LogP contribution in [0.3, 0.4) is 0 Å². The van der Waals surface area contributed by atoms with Crippen LogP contribution < -0.4 is 10.6 Å². The Morgan fingerprint density at radius 1 is 1.05 bits per heavy atom. The van der Waals surface area contributed by atoms with Crippen molar-refractivity contribution in [3.05, 3.63) is 34.4 Å². The molecule has 17 heteroatoms. The van der Waals surface area contributed by atoms with Crippen molar-refractivity contribution < 1.29 is 36.0 Å². The zero-order valence-corrected chi connectivity index (χ0v) is 22.6. The number of non-ortho nitro benzene ring substituents is 1. The minimum Gasteiger partial charge on any atom is -0.378 e. The molecule has 214 valence electrons. The number of aliphatic imine (C=N–C) groups is 1. The topological polar surface area (TPSA) is 205 Å². The van der Waals surface area contributed by atoms with Gasteiger partial charge in [0.1, 0.15) is 0 Å². The van der Waals surface area contributed by atoms with E-state index in [9.17, 15) is 26.9 Å². The van der Waals surface area contributed by atoms with E-state index in [0.717, 1.165) is 12.1 Å². The Morgan fingerprint density at radius 3 is 2.21 bits per heavy atom. The number of hydrogen-bond acceptors (Lipinski definition) is 13. The van der Waals surface area contributed by atoms with Gasteiger partial charge in [0.2, 0.25) is 10.0 Å². The third-order valence-corrected chi connectivity index (χ3v) is 8.32. The maximum Gasteiger partial charge on any atom is 0.269 e. The highest BCUT2D eigenvalue weighted by molar-refractivity contribution is 7.91. The molecule has 1 aromatic rings. The van der Waals surface area contributed by atoms with Crippen molar-refractivity contribution in [1.82, 2.24) is 9.62 Å². The fourth-order valence-electron chi connectivity index (χ4n) is 3.16. The molecule has 1 fully saturated rings. The number of nitrogens with one attached hydrogen (secondary N) is 1. The van der Waals surface area contributed by atoms with Gasteiger partial charge in [0.25, 0.3) is 5.69 Å². The minimum absolute atomic E-state index is 0.0411. The summed E-state index contributed by atoms with van der Waals surface area (Å²) >= 11 is 0. The van der Waals surface area contributed by atoms with Gasteiger partial charge in [0.15, 0.2) is 9.84 Å². The lowest BCUT2D eigenvalue weighted by Gasteiger charge is -2.25. The third kappa shape index (κ3) is 12.3. The Bertz CT molecular complexity index is 1130. The average Bonchev–Trinajstić information content (AvgIpc) is 2.89. The molecular weight excluding hydrogens is 544 g/mol. The van der Waals surface area contributed by atoms with Gasteiger partial charge in [-0.15, -0.1) is 0 Å². The predicted molar refractivity (Wildman–Crippen MR) is 141 cm³/mol. The summed E-state index contributed by atoms with van der Waals surface area (Å²) in [6.07, 6.45) is 1.56. The van der Waals surface area contributed by atoms with Crippen LogP contribution in [0.5, 0.6) is 0 Å². The quantitative estimate of drug-likeness (QED) is 0.0713. The van der Waals surface area contributed by atoms with Gasteiger partial charge in [-0.2, -0.15) is 5.10 Å². The maximum absolute atomic E-state index is 12.1. The number of hydrazone groups is 1. The lowest BCUT2D eigenvalue weighted by atomic mass is 10.3. The van der Waals surface area contributed by atoms with Gasteiger partial charge in [0.05, 0.1) is 73.2 Å². The number of ether oxygens (including phenoxy) is 3. The summed E-state index contributed by atoms with van der Waals surface area (Å²) < 4.78 is 65.7. The SMILES string of the molecule is N/N=C(\C=NCCOCCOCCOCCNS(=O)(=O)c1ccc([N+](=O)[O-])cc1)CN1CCS(=O)(=O)CC1. The lowest BCUT2D eigenvalue weighted by molar-refractivity contribution is -0.384. The van der Waals surface area contributed by atoms with E-state index in [0.29, 0.717) is 58.3 Å². The van der Waals surface area contributed by atoms with E-state index in [1.54, 1.807) is 6.21 Å². The number of sulfonamides is 1. The highest BCUT2D eigenvalue weighted by atomic mass is 32.2. The Morgan fingerprint density at radius 2 is 1.63 bits per heavy atom. The van der Waals surface area contributed by atoms with Crippen molar-refractivity contribution in [3.8, 4) is 0 Å². The van der Waals surface area contributed by atoms with E-state index in [2.05, 4.69) is 14.8 Å². The van der Waals surface area contributed by atoms with Crippen molar-refractivity contribution in [1.29, 1.82) is 0 Å². The van der Waals surface area contributed by atoms with E-state index in [1.165, 1.54) is 12.1 Å². The van der Waals surface area contributed by atoms with Crippen LogP contribution in [0.15, 0.2) is 39.3 Å². The lowest BCUT2D eigenvalue weighted by Crippen LogP contribution is -2.43. The molecule has 0 spiro atoms. The molecule has 0 amide bonds. The number of nitro benzene ring substituents is 1. The molecule has 1 aliphatic rings.